The highest BCUT2D eigenvalue weighted by Gasteiger charge is 2.03. The van der Waals surface area contributed by atoms with Crippen molar-refractivity contribution in [1.29, 1.82) is 0 Å². The predicted molar refractivity (Wildman–Crippen MR) is 69.0 cm³/mol. The molecule has 0 unspecified atom stereocenters. The van der Waals surface area contributed by atoms with Crippen molar-refractivity contribution in [2.45, 2.75) is 33.1 Å². The molecule has 4 heteroatoms. The maximum Gasteiger partial charge on any atom is 0.224 e. The summed E-state index contributed by atoms with van der Waals surface area (Å²) in [5, 5.41) is 3.12. The lowest BCUT2D eigenvalue weighted by atomic mass is 10.2. The Hall–Kier alpha value is -1.32. The molecule has 1 heterocycles. The second-order valence-corrected chi connectivity index (χ2v) is 3.90. The van der Waals surface area contributed by atoms with Crippen LogP contribution in [0.2, 0.25) is 0 Å². The molecule has 1 aromatic heterocycles. The zero-order valence-corrected chi connectivity index (χ0v) is 10.5. The van der Waals surface area contributed by atoms with Gasteiger partial charge in [0, 0.05) is 26.3 Å². The van der Waals surface area contributed by atoms with Gasteiger partial charge >= 0.3 is 0 Å². The van der Waals surface area contributed by atoms with Gasteiger partial charge in [-0.15, -0.1) is 0 Å². The van der Waals surface area contributed by atoms with Crippen LogP contribution in [0.25, 0.3) is 0 Å². The monoisotopic (exact) mass is 222 g/mol. The molecule has 0 bridgehead atoms. The van der Waals surface area contributed by atoms with Gasteiger partial charge in [-0.3, -0.25) is 0 Å². The quantitative estimate of drug-likeness (QED) is 0.720. The molecule has 0 aromatic carbocycles. The summed E-state index contributed by atoms with van der Waals surface area (Å²) in [5.74, 6) is 1.70. The van der Waals surface area contributed by atoms with Gasteiger partial charge in [0.15, 0.2) is 0 Å². The van der Waals surface area contributed by atoms with Crippen molar-refractivity contribution in [3.8, 4) is 0 Å². The van der Waals surface area contributed by atoms with Crippen LogP contribution in [0.5, 0.6) is 0 Å². The molecule has 16 heavy (non-hydrogen) atoms. The molecule has 0 fully saturated rings. The molecule has 0 saturated heterocycles. The second-order valence-electron chi connectivity index (χ2n) is 3.90. The first-order valence-corrected chi connectivity index (χ1v) is 6.06. The highest BCUT2D eigenvalue weighted by Crippen LogP contribution is 2.11. The van der Waals surface area contributed by atoms with Gasteiger partial charge in [-0.1, -0.05) is 19.8 Å². The molecule has 0 amide bonds. The lowest BCUT2D eigenvalue weighted by Gasteiger charge is -2.18. The van der Waals surface area contributed by atoms with Gasteiger partial charge < -0.3 is 10.2 Å². The van der Waals surface area contributed by atoms with E-state index in [9.17, 15) is 0 Å². The number of hydrogen-bond donors (Lipinski definition) is 1. The molecular formula is C12H22N4. The van der Waals surface area contributed by atoms with E-state index in [2.05, 4.69) is 34.2 Å². The van der Waals surface area contributed by atoms with Crippen molar-refractivity contribution >= 4 is 11.8 Å². The van der Waals surface area contributed by atoms with E-state index < -0.39 is 0 Å². The first-order valence-electron chi connectivity index (χ1n) is 6.06. The van der Waals surface area contributed by atoms with E-state index in [4.69, 9.17) is 0 Å². The van der Waals surface area contributed by atoms with Crippen LogP contribution in [0.15, 0.2) is 12.3 Å². The Kier molecular flexibility index (Phi) is 5.61. The van der Waals surface area contributed by atoms with Crippen LogP contribution in [0.3, 0.4) is 0 Å². The average molecular weight is 222 g/mol. The normalized spacial score (nSPS) is 10.2. The fourth-order valence-electron chi connectivity index (χ4n) is 1.52. The second kappa shape index (κ2) is 7.04. The first-order chi connectivity index (χ1) is 7.77. The third-order valence-corrected chi connectivity index (χ3v) is 2.46. The number of nitrogens with one attached hydrogen (secondary N) is 1. The molecule has 4 nitrogen and oxygen atoms in total. The van der Waals surface area contributed by atoms with E-state index >= 15 is 0 Å². The Morgan fingerprint density at radius 3 is 2.81 bits per heavy atom. The van der Waals surface area contributed by atoms with Gasteiger partial charge in [-0.2, -0.15) is 4.98 Å². The van der Waals surface area contributed by atoms with E-state index in [1.54, 1.807) is 6.20 Å². The van der Waals surface area contributed by atoms with E-state index in [1.807, 2.05) is 13.0 Å². The summed E-state index contributed by atoms with van der Waals surface area (Å²) in [4.78, 5) is 10.8. The minimum atomic E-state index is 0.711. The summed E-state index contributed by atoms with van der Waals surface area (Å²) in [5.41, 5.74) is 0. The van der Waals surface area contributed by atoms with Gasteiger partial charge in [0.05, 0.1) is 0 Å². The fourth-order valence-corrected chi connectivity index (χ4v) is 1.52. The van der Waals surface area contributed by atoms with Crippen LogP contribution in [0.4, 0.5) is 11.8 Å². The van der Waals surface area contributed by atoms with Crippen LogP contribution in [-0.2, 0) is 0 Å². The molecule has 0 saturated carbocycles. The average Bonchev–Trinajstić information content (AvgIpc) is 2.30. The summed E-state index contributed by atoms with van der Waals surface area (Å²) in [6, 6.07) is 1.95. The minimum absolute atomic E-state index is 0.711. The maximum absolute atomic E-state index is 4.44. The van der Waals surface area contributed by atoms with Gasteiger partial charge in [0.2, 0.25) is 5.95 Å². The zero-order valence-electron chi connectivity index (χ0n) is 10.5. The van der Waals surface area contributed by atoms with E-state index in [0.717, 1.165) is 18.9 Å². The highest BCUT2D eigenvalue weighted by atomic mass is 15.2. The highest BCUT2D eigenvalue weighted by molar-refractivity contribution is 5.41. The summed E-state index contributed by atoms with van der Waals surface area (Å²) >= 11 is 0. The van der Waals surface area contributed by atoms with Gasteiger partial charge in [0.25, 0.3) is 0 Å². The molecular weight excluding hydrogens is 200 g/mol. The Balaban J connectivity index is 2.53. The summed E-state index contributed by atoms with van der Waals surface area (Å²) in [6.07, 6.45) is 5.54. The maximum atomic E-state index is 4.44. The molecule has 0 aliphatic rings. The van der Waals surface area contributed by atoms with Crippen LogP contribution >= 0.6 is 0 Å². The zero-order chi connectivity index (χ0) is 11.8. The minimum Gasteiger partial charge on any atom is -0.360 e. The molecule has 0 spiro atoms. The fraction of sp³-hybridized carbons (Fsp3) is 0.667. The first kappa shape index (κ1) is 12.7. The molecule has 0 aliphatic carbocycles. The molecule has 0 aliphatic heterocycles. The summed E-state index contributed by atoms with van der Waals surface area (Å²) in [7, 11) is 2.08. The third-order valence-electron chi connectivity index (χ3n) is 2.46. The van der Waals surface area contributed by atoms with Crippen molar-refractivity contribution in [2.24, 2.45) is 0 Å². The largest absolute Gasteiger partial charge is 0.360 e. The number of unbranched alkanes of at least 4 members (excludes halogenated alkanes) is 2. The smallest absolute Gasteiger partial charge is 0.224 e. The molecule has 0 radical (unpaired) electrons. The number of aromatic nitrogens is 2. The molecule has 1 N–H and O–H groups in total. The van der Waals surface area contributed by atoms with Crippen LogP contribution < -0.4 is 10.2 Å². The van der Waals surface area contributed by atoms with Crippen molar-refractivity contribution in [2.75, 3.05) is 30.4 Å². The van der Waals surface area contributed by atoms with Crippen LogP contribution in [0, 0.1) is 0 Å². The van der Waals surface area contributed by atoms with Gasteiger partial charge in [-0.05, 0) is 19.4 Å². The van der Waals surface area contributed by atoms with Crippen LogP contribution in [0.1, 0.15) is 33.1 Å². The van der Waals surface area contributed by atoms with Crippen molar-refractivity contribution in [3.05, 3.63) is 12.3 Å². The van der Waals surface area contributed by atoms with E-state index in [0.29, 0.717) is 5.95 Å². The Bertz CT molecular complexity index is 301. The molecule has 1 aromatic rings. The predicted octanol–water partition coefficient (Wildman–Crippen LogP) is 2.53. The number of hydrogen-bond acceptors (Lipinski definition) is 4. The Labute approximate surface area is 98.1 Å². The van der Waals surface area contributed by atoms with Crippen molar-refractivity contribution in [3.63, 3.8) is 0 Å². The number of nitrogens with zero attached hydrogens (tertiary/aromatic N) is 3. The Morgan fingerprint density at radius 1 is 1.31 bits per heavy atom. The Morgan fingerprint density at radius 2 is 2.12 bits per heavy atom. The van der Waals surface area contributed by atoms with Gasteiger partial charge in [-0.25, -0.2) is 4.98 Å². The molecule has 90 valence electrons. The molecule has 1 rings (SSSR count). The lowest BCUT2D eigenvalue weighted by molar-refractivity contribution is 0.701. The third kappa shape index (κ3) is 4.04. The standard InChI is InChI=1S/C12H22N4/c1-4-6-7-10-16(3)11-8-9-14-12(15-11)13-5-2/h8-9H,4-7,10H2,1-3H3,(H,13,14,15). The topological polar surface area (TPSA) is 41.1 Å². The van der Waals surface area contributed by atoms with E-state index in [-0.39, 0.29) is 0 Å². The van der Waals surface area contributed by atoms with Crippen molar-refractivity contribution in [1.82, 2.24) is 9.97 Å². The molecule has 0 atom stereocenters. The lowest BCUT2D eigenvalue weighted by Crippen LogP contribution is -2.20. The summed E-state index contributed by atoms with van der Waals surface area (Å²) < 4.78 is 0. The van der Waals surface area contributed by atoms with Gasteiger partial charge in [0.1, 0.15) is 5.82 Å². The van der Waals surface area contributed by atoms with Crippen molar-refractivity contribution < 1.29 is 0 Å². The number of rotatable bonds is 7. The SMILES string of the molecule is CCCCCN(C)c1ccnc(NCC)n1. The summed E-state index contributed by atoms with van der Waals surface area (Å²) in [6.45, 7) is 6.16. The van der Waals surface area contributed by atoms with E-state index in [1.165, 1.54) is 19.3 Å². The number of anilines is 2. The van der Waals surface area contributed by atoms with Crippen LogP contribution in [-0.4, -0.2) is 30.1 Å².